The lowest BCUT2D eigenvalue weighted by molar-refractivity contribution is -0.120. The van der Waals surface area contributed by atoms with Gasteiger partial charge in [0.15, 0.2) is 0 Å². The molecule has 1 rings (SSSR count). The van der Waals surface area contributed by atoms with Gasteiger partial charge in [-0.05, 0) is 31.3 Å². The van der Waals surface area contributed by atoms with E-state index in [9.17, 15) is 14.0 Å². The second-order valence-corrected chi connectivity index (χ2v) is 3.64. The van der Waals surface area contributed by atoms with Crippen molar-refractivity contribution < 1.29 is 14.0 Å². The van der Waals surface area contributed by atoms with Crippen molar-refractivity contribution in [2.75, 3.05) is 26.7 Å². The molecule has 0 atom stereocenters. The predicted molar refractivity (Wildman–Crippen MR) is 65.7 cm³/mol. The van der Waals surface area contributed by atoms with E-state index in [1.165, 1.54) is 24.3 Å². The number of hydrogen-bond acceptors (Lipinski definition) is 3. The van der Waals surface area contributed by atoms with Gasteiger partial charge in [-0.3, -0.25) is 9.59 Å². The standard InChI is InChI=1S/C12H16FN3O2/c1-14-8-11(17)15-6-7-16-12(18)9-2-4-10(13)5-3-9/h2-5,14H,6-8H2,1H3,(H,15,17)(H,16,18). The lowest BCUT2D eigenvalue weighted by Gasteiger charge is -2.06. The first-order valence-corrected chi connectivity index (χ1v) is 5.58. The van der Waals surface area contributed by atoms with Crippen LogP contribution in [0.2, 0.25) is 0 Å². The van der Waals surface area contributed by atoms with Crippen LogP contribution in [0.3, 0.4) is 0 Å². The summed E-state index contributed by atoms with van der Waals surface area (Å²) in [5.74, 6) is -0.808. The van der Waals surface area contributed by atoms with Crippen LogP contribution in [0.4, 0.5) is 4.39 Å². The first-order chi connectivity index (χ1) is 8.63. The van der Waals surface area contributed by atoms with Gasteiger partial charge in [0.05, 0.1) is 6.54 Å². The van der Waals surface area contributed by atoms with E-state index < -0.39 is 0 Å². The van der Waals surface area contributed by atoms with E-state index in [2.05, 4.69) is 16.0 Å². The molecule has 0 spiro atoms. The highest BCUT2D eigenvalue weighted by Crippen LogP contribution is 2.01. The van der Waals surface area contributed by atoms with Gasteiger partial charge in [-0.25, -0.2) is 4.39 Å². The monoisotopic (exact) mass is 253 g/mol. The van der Waals surface area contributed by atoms with E-state index in [4.69, 9.17) is 0 Å². The molecule has 1 aromatic carbocycles. The molecule has 5 nitrogen and oxygen atoms in total. The first kappa shape index (κ1) is 14.1. The molecular weight excluding hydrogens is 237 g/mol. The summed E-state index contributed by atoms with van der Waals surface area (Å²) in [6, 6.07) is 5.27. The molecule has 0 heterocycles. The number of rotatable bonds is 6. The molecule has 18 heavy (non-hydrogen) atoms. The largest absolute Gasteiger partial charge is 0.353 e. The van der Waals surface area contributed by atoms with Gasteiger partial charge in [0, 0.05) is 18.7 Å². The maximum Gasteiger partial charge on any atom is 0.251 e. The van der Waals surface area contributed by atoms with Crippen molar-refractivity contribution >= 4 is 11.8 Å². The fraction of sp³-hybridized carbons (Fsp3) is 0.333. The fourth-order valence-electron chi connectivity index (χ4n) is 1.30. The first-order valence-electron chi connectivity index (χ1n) is 5.58. The maximum atomic E-state index is 12.6. The highest BCUT2D eigenvalue weighted by molar-refractivity contribution is 5.94. The van der Waals surface area contributed by atoms with Gasteiger partial charge in [-0.15, -0.1) is 0 Å². The van der Waals surface area contributed by atoms with Crippen molar-refractivity contribution in [3.63, 3.8) is 0 Å². The minimum Gasteiger partial charge on any atom is -0.353 e. The molecule has 0 fully saturated rings. The van der Waals surface area contributed by atoms with Crippen molar-refractivity contribution in [3.8, 4) is 0 Å². The van der Waals surface area contributed by atoms with E-state index in [0.717, 1.165) is 0 Å². The molecule has 0 bridgehead atoms. The Morgan fingerprint density at radius 2 is 1.72 bits per heavy atom. The number of likely N-dealkylation sites (N-methyl/N-ethyl adjacent to an activating group) is 1. The maximum absolute atomic E-state index is 12.6. The zero-order valence-corrected chi connectivity index (χ0v) is 10.1. The van der Waals surface area contributed by atoms with Gasteiger partial charge < -0.3 is 16.0 Å². The highest BCUT2D eigenvalue weighted by atomic mass is 19.1. The van der Waals surface area contributed by atoms with Crippen LogP contribution < -0.4 is 16.0 Å². The van der Waals surface area contributed by atoms with Crippen molar-refractivity contribution in [3.05, 3.63) is 35.6 Å². The van der Waals surface area contributed by atoms with Crippen LogP contribution in [0.5, 0.6) is 0 Å². The van der Waals surface area contributed by atoms with Crippen LogP contribution in [0.1, 0.15) is 10.4 Å². The number of hydrogen-bond donors (Lipinski definition) is 3. The summed E-state index contributed by atoms with van der Waals surface area (Å²) in [6.45, 7) is 0.922. The number of carbonyl (C=O) groups excluding carboxylic acids is 2. The molecule has 0 aromatic heterocycles. The summed E-state index contributed by atoms with van der Waals surface area (Å²) in [6.07, 6.45) is 0. The van der Waals surface area contributed by atoms with Gasteiger partial charge in [-0.1, -0.05) is 0 Å². The minimum absolute atomic E-state index is 0.131. The fourth-order valence-corrected chi connectivity index (χ4v) is 1.30. The molecule has 3 N–H and O–H groups in total. The third kappa shape index (κ3) is 4.92. The zero-order valence-electron chi connectivity index (χ0n) is 10.1. The summed E-state index contributed by atoms with van der Waals surface area (Å²) in [7, 11) is 1.68. The van der Waals surface area contributed by atoms with Crippen LogP contribution in [0.15, 0.2) is 24.3 Å². The van der Waals surface area contributed by atoms with Gasteiger partial charge in [-0.2, -0.15) is 0 Å². The molecule has 0 saturated carbocycles. The third-order valence-electron chi connectivity index (χ3n) is 2.18. The smallest absolute Gasteiger partial charge is 0.251 e. The average Bonchev–Trinajstić information content (AvgIpc) is 2.35. The van der Waals surface area contributed by atoms with Gasteiger partial charge >= 0.3 is 0 Å². The topological polar surface area (TPSA) is 70.2 Å². The molecule has 0 unspecified atom stereocenters. The van der Waals surface area contributed by atoms with E-state index in [1.54, 1.807) is 7.05 Å². The Kier molecular flexibility index (Phi) is 5.79. The van der Waals surface area contributed by atoms with Crippen molar-refractivity contribution in [1.82, 2.24) is 16.0 Å². The molecule has 0 aliphatic rings. The van der Waals surface area contributed by atoms with Crippen LogP contribution >= 0.6 is 0 Å². The number of benzene rings is 1. The van der Waals surface area contributed by atoms with Crippen molar-refractivity contribution in [2.24, 2.45) is 0 Å². The normalized spacial score (nSPS) is 9.89. The van der Waals surface area contributed by atoms with E-state index in [1.807, 2.05) is 0 Å². The molecule has 0 radical (unpaired) electrons. The molecule has 2 amide bonds. The Hall–Kier alpha value is -1.95. The Morgan fingerprint density at radius 1 is 1.11 bits per heavy atom. The third-order valence-corrected chi connectivity index (χ3v) is 2.18. The number of halogens is 1. The van der Waals surface area contributed by atoms with Crippen LogP contribution in [0.25, 0.3) is 0 Å². The number of carbonyl (C=O) groups is 2. The predicted octanol–water partition coefficient (Wildman–Crippen LogP) is -0.109. The summed E-state index contributed by atoms with van der Waals surface area (Å²) in [4.78, 5) is 22.6. The minimum atomic E-state index is -0.383. The van der Waals surface area contributed by atoms with Crippen molar-refractivity contribution in [1.29, 1.82) is 0 Å². The van der Waals surface area contributed by atoms with Crippen LogP contribution in [-0.4, -0.2) is 38.5 Å². The molecular formula is C12H16FN3O2. The molecule has 6 heteroatoms. The molecule has 0 aliphatic carbocycles. The summed E-state index contributed by atoms with van der Waals surface area (Å²) >= 11 is 0. The van der Waals surface area contributed by atoms with Gasteiger partial charge in [0.25, 0.3) is 5.91 Å². The second-order valence-electron chi connectivity index (χ2n) is 3.64. The Labute approximate surface area is 105 Å². The summed E-state index contributed by atoms with van der Waals surface area (Å²) < 4.78 is 12.6. The van der Waals surface area contributed by atoms with Gasteiger partial charge in [0.2, 0.25) is 5.91 Å². The summed E-state index contributed by atoms with van der Waals surface area (Å²) in [5.41, 5.74) is 0.387. The molecule has 1 aromatic rings. The molecule has 0 saturated heterocycles. The van der Waals surface area contributed by atoms with Crippen LogP contribution in [-0.2, 0) is 4.79 Å². The second kappa shape index (κ2) is 7.39. The van der Waals surface area contributed by atoms with E-state index in [-0.39, 0.29) is 24.2 Å². The number of amides is 2. The lowest BCUT2D eigenvalue weighted by Crippen LogP contribution is -2.38. The summed E-state index contributed by atoms with van der Waals surface area (Å²) in [5, 5.41) is 7.96. The lowest BCUT2D eigenvalue weighted by atomic mass is 10.2. The average molecular weight is 253 g/mol. The number of nitrogens with one attached hydrogen (secondary N) is 3. The SMILES string of the molecule is CNCC(=O)NCCNC(=O)c1ccc(F)cc1. The van der Waals surface area contributed by atoms with Crippen LogP contribution in [0, 0.1) is 5.82 Å². The molecule has 0 aliphatic heterocycles. The quantitative estimate of drug-likeness (QED) is 0.620. The Morgan fingerprint density at radius 3 is 2.33 bits per heavy atom. The Bertz CT molecular complexity index is 406. The van der Waals surface area contributed by atoms with Gasteiger partial charge in [0.1, 0.15) is 5.82 Å². The Balaban J connectivity index is 2.25. The van der Waals surface area contributed by atoms with E-state index >= 15 is 0 Å². The van der Waals surface area contributed by atoms with Crippen molar-refractivity contribution in [2.45, 2.75) is 0 Å². The highest BCUT2D eigenvalue weighted by Gasteiger charge is 2.04. The van der Waals surface area contributed by atoms with E-state index in [0.29, 0.717) is 18.7 Å². The zero-order chi connectivity index (χ0) is 13.4. The molecule has 98 valence electrons.